The van der Waals surface area contributed by atoms with Crippen LogP contribution in [0.15, 0.2) is 24.3 Å². The first kappa shape index (κ1) is 19.4. The van der Waals surface area contributed by atoms with Gasteiger partial charge in [0.05, 0.1) is 0 Å². The molecule has 1 N–H and O–H groups in total. The third-order valence-electron chi connectivity index (χ3n) is 4.52. The number of nitrogens with one attached hydrogen (secondary N) is 1. The molecule has 0 bridgehead atoms. The van der Waals surface area contributed by atoms with E-state index < -0.39 is 11.7 Å². The van der Waals surface area contributed by atoms with Gasteiger partial charge >= 0.3 is 6.09 Å². The summed E-state index contributed by atoms with van der Waals surface area (Å²) in [6, 6.07) is 7.43. The molecular formula is C20H29NO4. The summed E-state index contributed by atoms with van der Waals surface area (Å²) in [6.45, 7) is 8.06. The van der Waals surface area contributed by atoms with E-state index in [-0.39, 0.29) is 23.7 Å². The van der Waals surface area contributed by atoms with Crippen LogP contribution in [-0.4, -0.2) is 37.2 Å². The van der Waals surface area contributed by atoms with E-state index in [1.807, 2.05) is 45.0 Å². The molecule has 3 unspecified atom stereocenters. The first-order chi connectivity index (χ1) is 11.7. The van der Waals surface area contributed by atoms with Gasteiger partial charge in [0.1, 0.15) is 5.60 Å². The van der Waals surface area contributed by atoms with E-state index in [4.69, 9.17) is 9.47 Å². The highest BCUT2D eigenvalue weighted by atomic mass is 16.6. The molecule has 1 aromatic carbocycles. The van der Waals surface area contributed by atoms with Crippen molar-refractivity contribution in [2.24, 2.45) is 5.92 Å². The van der Waals surface area contributed by atoms with Crippen LogP contribution < -0.4 is 5.32 Å². The Morgan fingerprint density at radius 2 is 2.00 bits per heavy atom. The summed E-state index contributed by atoms with van der Waals surface area (Å²) >= 11 is 0. The average Bonchev–Trinajstić information content (AvgIpc) is 2.53. The molecule has 1 aromatic rings. The van der Waals surface area contributed by atoms with Crippen LogP contribution in [0.2, 0.25) is 0 Å². The number of benzene rings is 1. The van der Waals surface area contributed by atoms with Crippen molar-refractivity contribution >= 4 is 11.9 Å². The predicted molar refractivity (Wildman–Crippen MR) is 96.9 cm³/mol. The Bertz CT molecular complexity index is 620. The van der Waals surface area contributed by atoms with Gasteiger partial charge in [0.25, 0.3) is 0 Å². The number of hydrogen-bond acceptors (Lipinski definition) is 4. The number of methoxy groups -OCH3 is 1. The number of ether oxygens (including phenoxy) is 2. The number of rotatable bonds is 5. The van der Waals surface area contributed by atoms with Crippen molar-refractivity contribution in [3.8, 4) is 0 Å². The Morgan fingerprint density at radius 3 is 2.64 bits per heavy atom. The van der Waals surface area contributed by atoms with Crippen LogP contribution in [-0.2, 0) is 9.47 Å². The zero-order valence-electron chi connectivity index (χ0n) is 15.8. The number of carbonyl (C=O) groups is 2. The molecule has 0 spiro atoms. The smallest absolute Gasteiger partial charge is 0.407 e. The molecule has 0 saturated carbocycles. The van der Waals surface area contributed by atoms with Crippen LogP contribution in [0.25, 0.3) is 0 Å². The largest absolute Gasteiger partial charge is 0.444 e. The van der Waals surface area contributed by atoms with E-state index in [1.54, 1.807) is 7.11 Å². The lowest BCUT2D eigenvalue weighted by Crippen LogP contribution is -2.47. The maximum atomic E-state index is 13.0. The molecule has 0 aliphatic heterocycles. The SMILES string of the molecule is COCCC(NC(=O)OC(C)(C)C)C1CC(C)c2ccccc2C1=O. The van der Waals surface area contributed by atoms with Crippen molar-refractivity contribution in [3.05, 3.63) is 35.4 Å². The van der Waals surface area contributed by atoms with E-state index in [0.717, 1.165) is 11.1 Å². The Kier molecular flexibility index (Phi) is 6.22. The van der Waals surface area contributed by atoms with Gasteiger partial charge in [0, 0.05) is 31.2 Å². The second kappa shape index (κ2) is 8.00. The van der Waals surface area contributed by atoms with E-state index in [0.29, 0.717) is 19.4 Å². The highest BCUT2D eigenvalue weighted by molar-refractivity contribution is 6.01. The highest BCUT2D eigenvalue weighted by Gasteiger charge is 2.37. The topological polar surface area (TPSA) is 64.6 Å². The lowest BCUT2D eigenvalue weighted by Gasteiger charge is -2.34. The van der Waals surface area contributed by atoms with E-state index in [2.05, 4.69) is 12.2 Å². The summed E-state index contributed by atoms with van der Waals surface area (Å²) in [5, 5.41) is 2.90. The highest BCUT2D eigenvalue weighted by Crippen LogP contribution is 2.36. The number of hydrogen-bond donors (Lipinski definition) is 1. The number of fused-ring (bicyclic) bond motifs is 1. The van der Waals surface area contributed by atoms with Crippen molar-refractivity contribution in [1.29, 1.82) is 0 Å². The molecule has 0 fully saturated rings. The van der Waals surface area contributed by atoms with Gasteiger partial charge in [0.15, 0.2) is 5.78 Å². The molecule has 1 aliphatic rings. The second-order valence-corrected chi connectivity index (χ2v) is 7.73. The van der Waals surface area contributed by atoms with Gasteiger partial charge in [-0.2, -0.15) is 0 Å². The van der Waals surface area contributed by atoms with Gasteiger partial charge in [-0.05, 0) is 45.1 Å². The minimum atomic E-state index is -0.577. The minimum absolute atomic E-state index is 0.0888. The number of carbonyl (C=O) groups excluding carboxylic acids is 2. The fourth-order valence-corrected chi connectivity index (χ4v) is 3.39. The summed E-state index contributed by atoms with van der Waals surface area (Å²) in [7, 11) is 1.62. The van der Waals surface area contributed by atoms with E-state index >= 15 is 0 Å². The Balaban J connectivity index is 2.20. The molecule has 138 valence electrons. The van der Waals surface area contributed by atoms with Crippen LogP contribution in [0.4, 0.5) is 4.79 Å². The second-order valence-electron chi connectivity index (χ2n) is 7.73. The summed E-state index contributed by atoms with van der Waals surface area (Å²) in [5.41, 5.74) is 1.28. The summed E-state index contributed by atoms with van der Waals surface area (Å²) in [5.74, 6) is 0.0859. The summed E-state index contributed by atoms with van der Waals surface area (Å²) in [6.07, 6.45) is 0.786. The Morgan fingerprint density at radius 1 is 1.32 bits per heavy atom. The van der Waals surface area contributed by atoms with Gasteiger partial charge in [-0.1, -0.05) is 31.2 Å². The predicted octanol–water partition coefficient (Wildman–Crippen LogP) is 3.92. The molecule has 25 heavy (non-hydrogen) atoms. The van der Waals surface area contributed by atoms with Gasteiger partial charge in [-0.25, -0.2) is 4.79 Å². The van der Waals surface area contributed by atoms with Crippen LogP contribution >= 0.6 is 0 Å². The molecule has 0 heterocycles. The van der Waals surface area contributed by atoms with Crippen LogP contribution in [0, 0.1) is 5.92 Å². The van der Waals surface area contributed by atoms with Crippen molar-refractivity contribution < 1.29 is 19.1 Å². The molecule has 1 aliphatic carbocycles. The Hall–Kier alpha value is -1.88. The molecule has 3 atom stereocenters. The lowest BCUT2D eigenvalue weighted by atomic mass is 9.73. The third kappa shape index (κ3) is 5.05. The van der Waals surface area contributed by atoms with Gasteiger partial charge in [-0.15, -0.1) is 0 Å². The quantitative estimate of drug-likeness (QED) is 0.877. The van der Waals surface area contributed by atoms with Crippen LogP contribution in [0.3, 0.4) is 0 Å². The molecule has 5 heteroatoms. The number of amides is 1. The molecule has 0 radical (unpaired) electrons. The van der Waals surface area contributed by atoms with Gasteiger partial charge in [0.2, 0.25) is 0 Å². The third-order valence-corrected chi connectivity index (χ3v) is 4.52. The standard InChI is InChI=1S/C20H29NO4/c1-13-12-16(18(22)15-9-7-6-8-14(13)15)17(10-11-24-5)21-19(23)25-20(2,3)4/h6-9,13,16-17H,10-12H2,1-5H3,(H,21,23). The van der Waals surface area contributed by atoms with E-state index in [1.165, 1.54) is 0 Å². The molecule has 0 aromatic heterocycles. The first-order valence-corrected chi connectivity index (χ1v) is 8.84. The monoisotopic (exact) mass is 347 g/mol. The van der Waals surface area contributed by atoms with Crippen LogP contribution in [0.5, 0.6) is 0 Å². The number of alkyl carbamates (subject to hydrolysis) is 1. The number of ketones is 1. The van der Waals surface area contributed by atoms with Crippen molar-refractivity contribution in [2.45, 2.75) is 58.1 Å². The molecule has 5 nitrogen and oxygen atoms in total. The molecule has 2 rings (SSSR count). The first-order valence-electron chi connectivity index (χ1n) is 8.84. The fourth-order valence-electron chi connectivity index (χ4n) is 3.39. The molecular weight excluding hydrogens is 318 g/mol. The molecule has 1 amide bonds. The summed E-state index contributed by atoms with van der Waals surface area (Å²) < 4.78 is 10.5. The Labute approximate surface area is 150 Å². The zero-order valence-corrected chi connectivity index (χ0v) is 15.8. The normalized spacial score (nSPS) is 21.4. The van der Waals surface area contributed by atoms with Crippen molar-refractivity contribution in [2.75, 3.05) is 13.7 Å². The van der Waals surface area contributed by atoms with Crippen molar-refractivity contribution in [1.82, 2.24) is 5.32 Å². The number of Topliss-reactive ketones (excluding diaryl/α,β-unsaturated/α-hetero) is 1. The fraction of sp³-hybridized carbons (Fsp3) is 0.600. The molecule has 0 saturated heterocycles. The summed E-state index contributed by atoms with van der Waals surface area (Å²) in [4.78, 5) is 25.2. The van der Waals surface area contributed by atoms with E-state index in [9.17, 15) is 9.59 Å². The maximum absolute atomic E-state index is 13.0. The van der Waals surface area contributed by atoms with Gasteiger partial charge in [-0.3, -0.25) is 4.79 Å². The minimum Gasteiger partial charge on any atom is -0.444 e. The average molecular weight is 347 g/mol. The van der Waals surface area contributed by atoms with Crippen LogP contribution in [0.1, 0.15) is 62.4 Å². The maximum Gasteiger partial charge on any atom is 0.407 e. The van der Waals surface area contributed by atoms with Crippen molar-refractivity contribution in [3.63, 3.8) is 0 Å². The lowest BCUT2D eigenvalue weighted by molar-refractivity contribution is 0.0460. The zero-order chi connectivity index (χ0) is 18.6. The van der Waals surface area contributed by atoms with Gasteiger partial charge < -0.3 is 14.8 Å².